The Balaban J connectivity index is 2.00. The maximum atomic E-state index is 13.2. The summed E-state index contributed by atoms with van der Waals surface area (Å²) in [6.45, 7) is 5.29. The van der Waals surface area contributed by atoms with Crippen molar-refractivity contribution in [1.29, 1.82) is 0 Å². The van der Waals surface area contributed by atoms with E-state index in [0.717, 1.165) is 36.6 Å². The highest BCUT2D eigenvalue weighted by atomic mass is 16.3. The number of nitrogens with zero attached hydrogens (tertiary/aromatic N) is 2. The second-order valence-corrected chi connectivity index (χ2v) is 7.73. The molecule has 3 N–H and O–H groups in total. The number of carbonyl (C=O) groups excluding carboxylic acids is 2. The zero-order valence-electron chi connectivity index (χ0n) is 16.7. The molecule has 2 aromatic rings. The summed E-state index contributed by atoms with van der Waals surface area (Å²) in [5.41, 5.74) is 0.863. The van der Waals surface area contributed by atoms with E-state index in [1.54, 1.807) is 13.8 Å². The number of rotatable bonds is 6. The molecule has 7 nitrogen and oxygen atoms in total. The van der Waals surface area contributed by atoms with Crippen LogP contribution in [-0.2, 0) is 17.9 Å². The van der Waals surface area contributed by atoms with E-state index in [1.807, 2.05) is 30.3 Å². The number of Topliss-reactive ketones (excluding diaryl/α,β-unsaturated/α-hetero) is 1. The van der Waals surface area contributed by atoms with Crippen LogP contribution >= 0.6 is 0 Å². The maximum Gasteiger partial charge on any atom is 0.226 e. The Labute approximate surface area is 165 Å². The van der Waals surface area contributed by atoms with Gasteiger partial charge in [-0.2, -0.15) is 0 Å². The highest BCUT2D eigenvalue weighted by Gasteiger charge is 2.36. The number of carbonyl (C=O) groups is 2. The van der Waals surface area contributed by atoms with Crippen molar-refractivity contribution in [3.8, 4) is 11.4 Å². The molecule has 0 aliphatic carbocycles. The summed E-state index contributed by atoms with van der Waals surface area (Å²) in [5, 5.41) is 16.3. The number of hydrogen-bond donors (Lipinski definition) is 3. The first-order valence-corrected chi connectivity index (χ1v) is 9.65. The van der Waals surface area contributed by atoms with Crippen LogP contribution in [0.25, 0.3) is 11.4 Å². The summed E-state index contributed by atoms with van der Waals surface area (Å²) in [4.78, 5) is 30.1. The number of aromatic nitrogens is 2. The van der Waals surface area contributed by atoms with Crippen molar-refractivity contribution in [3.63, 3.8) is 0 Å². The predicted octanol–water partition coefficient (Wildman–Crippen LogP) is 1.75. The second-order valence-electron chi connectivity index (χ2n) is 7.73. The molecule has 1 aliphatic heterocycles. The Kier molecular flexibility index (Phi) is 5.96. The van der Waals surface area contributed by atoms with Gasteiger partial charge in [-0.3, -0.25) is 9.59 Å². The lowest BCUT2D eigenvalue weighted by Gasteiger charge is -2.27. The van der Waals surface area contributed by atoms with Gasteiger partial charge in [0, 0.05) is 32.1 Å². The van der Waals surface area contributed by atoms with Crippen molar-refractivity contribution >= 4 is 11.7 Å². The van der Waals surface area contributed by atoms with Crippen LogP contribution in [0, 0.1) is 5.92 Å². The van der Waals surface area contributed by atoms with E-state index in [-0.39, 0.29) is 18.1 Å². The van der Waals surface area contributed by atoms with Gasteiger partial charge < -0.3 is 20.3 Å². The van der Waals surface area contributed by atoms with Crippen LogP contribution < -0.4 is 10.6 Å². The molecular formula is C21H28N4O3. The van der Waals surface area contributed by atoms with E-state index in [4.69, 9.17) is 0 Å². The molecule has 0 saturated carbocycles. The van der Waals surface area contributed by atoms with E-state index in [1.165, 1.54) is 7.05 Å². The summed E-state index contributed by atoms with van der Waals surface area (Å²) in [6, 6.07) is 9.80. The molecule has 1 aromatic carbocycles. The zero-order valence-corrected chi connectivity index (χ0v) is 16.7. The maximum absolute atomic E-state index is 13.2. The highest BCUT2D eigenvalue weighted by molar-refractivity contribution is 5.99. The van der Waals surface area contributed by atoms with Gasteiger partial charge in [0.25, 0.3) is 0 Å². The quantitative estimate of drug-likeness (QED) is 0.660. The van der Waals surface area contributed by atoms with Gasteiger partial charge in [0.15, 0.2) is 5.78 Å². The lowest BCUT2D eigenvalue weighted by atomic mass is 9.85. The minimum Gasteiger partial charge on any atom is -0.390 e. The molecule has 3 rings (SSSR count). The van der Waals surface area contributed by atoms with Crippen molar-refractivity contribution in [2.24, 2.45) is 5.92 Å². The van der Waals surface area contributed by atoms with Gasteiger partial charge in [-0.25, -0.2) is 4.98 Å². The summed E-state index contributed by atoms with van der Waals surface area (Å²) >= 11 is 0. The van der Waals surface area contributed by atoms with Crippen molar-refractivity contribution < 1.29 is 14.7 Å². The van der Waals surface area contributed by atoms with Crippen molar-refractivity contribution in [2.45, 2.75) is 45.4 Å². The fraction of sp³-hybridized carbons (Fsp3) is 0.476. The Morgan fingerprint density at radius 1 is 1.32 bits per heavy atom. The SMILES string of the molecule is CNC(=O)[C@@H](CC(=O)c1nc(-c2ccccc2)n2c1CNCCC2)C(C)(C)O. The molecule has 150 valence electrons. The summed E-state index contributed by atoms with van der Waals surface area (Å²) in [7, 11) is 1.51. The molecule has 0 radical (unpaired) electrons. The van der Waals surface area contributed by atoms with Crippen molar-refractivity contribution in [2.75, 3.05) is 13.6 Å². The lowest BCUT2D eigenvalue weighted by molar-refractivity contribution is -0.131. The lowest BCUT2D eigenvalue weighted by Crippen LogP contribution is -2.43. The number of amides is 1. The van der Waals surface area contributed by atoms with Gasteiger partial charge in [0.05, 0.1) is 17.2 Å². The number of nitrogens with one attached hydrogen (secondary N) is 2. The van der Waals surface area contributed by atoms with E-state index in [9.17, 15) is 14.7 Å². The first-order chi connectivity index (χ1) is 13.3. The molecule has 1 amide bonds. The summed E-state index contributed by atoms with van der Waals surface area (Å²) in [5.74, 6) is -0.665. The topological polar surface area (TPSA) is 96.2 Å². The fourth-order valence-electron chi connectivity index (χ4n) is 3.63. The Morgan fingerprint density at radius 2 is 2.04 bits per heavy atom. The van der Waals surface area contributed by atoms with Crippen LogP contribution in [0.1, 0.15) is 42.9 Å². The molecule has 0 saturated heterocycles. The smallest absolute Gasteiger partial charge is 0.226 e. The first kappa shape index (κ1) is 20.2. The number of benzene rings is 1. The minimum absolute atomic E-state index is 0.0958. The minimum atomic E-state index is -1.31. The van der Waals surface area contributed by atoms with Crippen molar-refractivity contribution in [1.82, 2.24) is 20.2 Å². The Hall–Kier alpha value is -2.51. The van der Waals surface area contributed by atoms with E-state index < -0.39 is 11.5 Å². The molecular weight excluding hydrogens is 356 g/mol. The molecule has 2 heterocycles. The molecule has 28 heavy (non-hydrogen) atoms. The number of fused-ring (bicyclic) bond motifs is 1. The monoisotopic (exact) mass is 384 g/mol. The Morgan fingerprint density at radius 3 is 2.68 bits per heavy atom. The van der Waals surface area contributed by atoms with Crippen LogP contribution in [0.2, 0.25) is 0 Å². The van der Waals surface area contributed by atoms with Crippen molar-refractivity contribution in [3.05, 3.63) is 41.7 Å². The molecule has 0 unspecified atom stereocenters. The third-order valence-electron chi connectivity index (χ3n) is 5.20. The van der Waals surface area contributed by atoms with Crippen LogP contribution in [0.3, 0.4) is 0 Å². The van der Waals surface area contributed by atoms with E-state index >= 15 is 0 Å². The first-order valence-electron chi connectivity index (χ1n) is 9.65. The van der Waals surface area contributed by atoms with Gasteiger partial charge in [0.2, 0.25) is 5.91 Å². The van der Waals surface area contributed by atoms with Gasteiger partial charge >= 0.3 is 0 Å². The molecule has 1 aromatic heterocycles. The average molecular weight is 384 g/mol. The average Bonchev–Trinajstić information content (AvgIpc) is 2.86. The third kappa shape index (κ3) is 4.15. The molecule has 7 heteroatoms. The Bertz CT molecular complexity index is 853. The van der Waals surface area contributed by atoms with Gasteiger partial charge in [-0.05, 0) is 26.8 Å². The largest absolute Gasteiger partial charge is 0.390 e. The van der Waals surface area contributed by atoms with Crippen LogP contribution in [0.15, 0.2) is 30.3 Å². The number of hydrogen-bond acceptors (Lipinski definition) is 5. The third-order valence-corrected chi connectivity index (χ3v) is 5.20. The van der Waals surface area contributed by atoms with Crippen LogP contribution in [0.4, 0.5) is 0 Å². The molecule has 1 aliphatic rings. The molecule has 0 fully saturated rings. The summed E-state index contributed by atoms with van der Waals surface area (Å²) < 4.78 is 2.10. The van der Waals surface area contributed by atoms with Crippen LogP contribution in [-0.4, -0.2) is 45.5 Å². The number of aliphatic hydroxyl groups is 1. The summed E-state index contributed by atoms with van der Waals surface area (Å²) in [6.07, 6.45) is 0.850. The number of imidazole rings is 1. The molecule has 0 bridgehead atoms. The molecule has 0 spiro atoms. The zero-order chi connectivity index (χ0) is 20.3. The second kappa shape index (κ2) is 8.24. The number of ketones is 1. The molecule has 1 atom stereocenters. The fourth-order valence-corrected chi connectivity index (χ4v) is 3.63. The standard InChI is InChI=1S/C21H28N4O3/c1-21(2,28)15(20(27)22-3)12-17(26)18-16-13-23-10-7-11-25(16)19(24-18)14-8-5-4-6-9-14/h4-6,8-9,15,23,28H,7,10-13H2,1-3H3,(H,22,27)/t15-/m1/s1. The van der Waals surface area contributed by atoms with Gasteiger partial charge in [-0.1, -0.05) is 30.3 Å². The van der Waals surface area contributed by atoms with E-state index in [0.29, 0.717) is 12.2 Å². The van der Waals surface area contributed by atoms with Gasteiger partial charge in [0.1, 0.15) is 11.5 Å². The van der Waals surface area contributed by atoms with E-state index in [2.05, 4.69) is 20.2 Å². The van der Waals surface area contributed by atoms with Crippen LogP contribution in [0.5, 0.6) is 0 Å². The highest BCUT2D eigenvalue weighted by Crippen LogP contribution is 2.28. The van der Waals surface area contributed by atoms with Gasteiger partial charge in [-0.15, -0.1) is 0 Å². The normalized spacial score (nSPS) is 15.4. The predicted molar refractivity (Wildman–Crippen MR) is 107 cm³/mol.